The third-order valence-electron chi connectivity index (χ3n) is 11.2. The second kappa shape index (κ2) is 19.5. The molecule has 5 N–H and O–H groups in total. The number of urea groups is 1. The number of thiophene rings is 2. The fourth-order valence-electron chi connectivity index (χ4n) is 7.71. The standard InChI is InChI=1S/C23H24ClN3O4S.C19H17F3N6O4S/c1-13-5-6-14(9-17(13)24)3-2-4-20(28)25-10-19-15-11-27(23(31)16(15)12-32-19)18-7-8-21(29)26-22(18)30;1-8-4-23-17(26-14(8)19(20,21)22)27-18(32)24-5-12-9-6-28(16(31)10(9)7-33-12)11-2-3-13(29)25-15(11)30/h5-6,9,12,18H,2-4,7-8,10-11H2,1H3,(H,25,28)(H,26,29,30);4,7,11H,2-3,5-6H2,1H3,(H,25,29,30)(H2,23,24,26,27,32). The van der Waals surface area contributed by atoms with Gasteiger partial charge in [-0.2, -0.15) is 13.2 Å². The number of rotatable bonds is 11. The summed E-state index contributed by atoms with van der Waals surface area (Å²) in [4.78, 5) is 109. The number of nitrogens with zero attached hydrogens (tertiary/aromatic N) is 4. The first kappa shape index (κ1) is 46.7. The molecule has 0 aliphatic carbocycles. The van der Waals surface area contributed by atoms with E-state index >= 15 is 0 Å². The van der Waals surface area contributed by atoms with Gasteiger partial charge in [-0.3, -0.25) is 49.5 Å². The summed E-state index contributed by atoms with van der Waals surface area (Å²) in [6.07, 6.45) is -0.888. The number of benzene rings is 1. The van der Waals surface area contributed by atoms with Crippen LogP contribution in [0.1, 0.15) is 103 Å². The number of hydrogen-bond acceptors (Lipinski definition) is 12. The first-order chi connectivity index (χ1) is 30.9. The van der Waals surface area contributed by atoms with Crippen LogP contribution in [0, 0.1) is 13.8 Å². The van der Waals surface area contributed by atoms with E-state index in [2.05, 4.69) is 36.6 Å². The third kappa shape index (κ3) is 10.7. The summed E-state index contributed by atoms with van der Waals surface area (Å²) in [6.45, 7) is 4.00. The van der Waals surface area contributed by atoms with Gasteiger partial charge in [-0.15, -0.1) is 22.7 Å². The minimum absolute atomic E-state index is 0.000289. The molecule has 23 heteroatoms. The van der Waals surface area contributed by atoms with Crippen molar-refractivity contribution in [3.63, 3.8) is 0 Å². The maximum atomic E-state index is 13.0. The number of hydrogen-bond donors (Lipinski definition) is 5. The average Bonchev–Trinajstić information content (AvgIpc) is 4.01. The SMILES string of the molecule is Cc1ccc(CCCC(=O)NCc2scc3c2CN(C2CCC(=O)NC2=O)C3=O)cc1Cl.Cc1cnc(NC(=O)NCc2scc3c2CN(C2CCC(=O)NC2=O)C3=O)nc1C(F)(F)F. The lowest BCUT2D eigenvalue weighted by molar-refractivity contribution is -0.142. The van der Waals surface area contributed by atoms with Gasteiger partial charge >= 0.3 is 12.2 Å². The zero-order valence-corrected chi connectivity index (χ0v) is 37.2. The molecule has 4 aliphatic rings. The van der Waals surface area contributed by atoms with Crippen LogP contribution in [0.2, 0.25) is 5.02 Å². The molecule has 17 nitrogen and oxygen atoms in total. The summed E-state index contributed by atoms with van der Waals surface area (Å²) in [5, 5.41) is 16.3. The highest BCUT2D eigenvalue weighted by Gasteiger charge is 2.42. The highest BCUT2D eigenvalue weighted by Crippen LogP contribution is 2.36. The van der Waals surface area contributed by atoms with E-state index in [9.17, 15) is 51.5 Å². The Balaban J connectivity index is 0.000000194. The topological polar surface area (TPSA) is 229 Å². The van der Waals surface area contributed by atoms with Crippen molar-refractivity contribution in [1.29, 1.82) is 0 Å². The quantitative estimate of drug-likeness (QED) is 0.126. The minimum atomic E-state index is -4.68. The molecule has 0 bridgehead atoms. The van der Waals surface area contributed by atoms with E-state index in [1.807, 2.05) is 25.1 Å². The Kier molecular flexibility index (Phi) is 14.0. The first-order valence-electron chi connectivity index (χ1n) is 20.3. The lowest BCUT2D eigenvalue weighted by Crippen LogP contribution is -2.52. The van der Waals surface area contributed by atoms with Crippen molar-refractivity contribution in [3.05, 3.63) is 94.6 Å². The van der Waals surface area contributed by atoms with E-state index in [0.717, 1.165) is 45.6 Å². The first-order valence-corrected chi connectivity index (χ1v) is 22.5. The molecule has 65 heavy (non-hydrogen) atoms. The molecule has 7 heterocycles. The zero-order valence-electron chi connectivity index (χ0n) is 34.8. The van der Waals surface area contributed by atoms with Gasteiger partial charge in [-0.1, -0.05) is 23.7 Å². The van der Waals surface area contributed by atoms with Crippen molar-refractivity contribution in [2.45, 2.75) is 103 Å². The number of alkyl halides is 3. The fraction of sp³-hybridized carbons (Fsp3) is 0.381. The van der Waals surface area contributed by atoms with Crippen molar-refractivity contribution in [1.82, 2.24) is 41.0 Å². The van der Waals surface area contributed by atoms with Crippen LogP contribution in [0.15, 0.2) is 35.2 Å². The molecular weight excluding hydrogens is 915 g/mol. The van der Waals surface area contributed by atoms with Crippen LogP contribution in [0.25, 0.3) is 0 Å². The number of aromatic nitrogens is 2. The van der Waals surface area contributed by atoms with Crippen LogP contribution >= 0.6 is 34.3 Å². The van der Waals surface area contributed by atoms with Crippen molar-refractivity contribution in [2.75, 3.05) is 5.32 Å². The Morgan fingerprint density at radius 1 is 0.831 bits per heavy atom. The van der Waals surface area contributed by atoms with Crippen molar-refractivity contribution < 1.29 is 51.5 Å². The molecule has 2 fully saturated rings. The fourth-order valence-corrected chi connectivity index (χ4v) is 9.87. The van der Waals surface area contributed by atoms with E-state index in [-0.39, 0.29) is 67.5 Å². The maximum absolute atomic E-state index is 13.0. The highest BCUT2D eigenvalue weighted by molar-refractivity contribution is 7.10. The summed E-state index contributed by atoms with van der Waals surface area (Å²) >= 11 is 8.83. The van der Waals surface area contributed by atoms with E-state index < -0.39 is 47.7 Å². The number of nitrogens with one attached hydrogen (secondary N) is 5. The lowest BCUT2D eigenvalue weighted by atomic mass is 10.0. The molecule has 0 spiro atoms. The summed E-state index contributed by atoms with van der Waals surface area (Å²) in [7, 11) is 0. The number of halogens is 4. The molecule has 3 aromatic heterocycles. The number of carbonyl (C=O) groups excluding carboxylic acids is 8. The number of amides is 9. The van der Waals surface area contributed by atoms with Crippen molar-refractivity contribution in [2.24, 2.45) is 0 Å². The van der Waals surface area contributed by atoms with Gasteiger partial charge in [0.05, 0.1) is 24.2 Å². The highest BCUT2D eigenvalue weighted by atomic mass is 35.5. The van der Waals surface area contributed by atoms with Gasteiger partial charge < -0.3 is 20.4 Å². The Hall–Kier alpha value is -6.26. The van der Waals surface area contributed by atoms with Gasteiger partial charge in [0.25, 0.3) is 11.8 Å². The summed E-state index contributed by atoms with van der Waals surface area (Å²) in [5.74, 6) is -2.71. The second-order valence-electron chi connectivity index (χ2n) is 15.6. The van der Waals surface area contributed by atoms with Gasteiger partial charge in [-0.05, 0) is 73.4 Å². The largest absolute Gasteiger partial charge is 0.433 e. The van der Waals surface area contributed by atoms with Gasteiger partial charge in [0, 0.05) is 64.1 Å². The van der Waals surface area contributed by atoms with E-state index in [0.29, 0.717) is 47.5 Å². The van der Waals surface area contributed by atoms with Crippen LogP contribution in [-0.2, 0) is 62.7 Å². The van der Waals surface area contributed by atoms with E-state index in [1.165, 1.54) is 39.4 Å². The van der Waals surface area contributed by atoms with Gasteiger partial charge in [0.2, 0.25) is 35.5 Å². The maximum Gasteiger partial charge on any atom is 0.433 e. The smallest absolute Gasteiger partial charge is 0.351 e. The van der Waals surface area contributed by atoms with Crippen LogP contribution < -0.4 is 26.6 Å². The number of carbonyl (C=O) groups is 8. The molecule has 0 radical (unpaired) electrons. The molecule has 4 aliphatic heterocycles. The zero-order chi connectivity index (χ0) is 46.7. The number of piperidine rings is 2. The Labute approximate surface area is 381 Å². The van der Waals surface area contributed by atoms with Gasteiger partial charge in [0.15, 0.2) is 5.69 Å². The molecule has 4 aromatic rings. The predicted molar refractivity (Wildman–Crippen MR) is 229 cm³/mol. The number of aryl methyl sites for hydroxylation is 3. The number of anilines is 1. The molecule has 0 saturated carbocycles. The minimum Gasteiger partial charge on any atom is -0.351 e. The van der Waals surface area contributed by atoms with Crippen LogP contribution in [0.5, 0.6) is 0 Å². The van der Waals surface area contributed by atoms with E-state index in [4.69, 9.17) is 11.6 Å². The molecule has 342 valence electrons. The normalized spacial score (nSPS) is 18.1. The number of fused-ring (bicyclic) bond motifs is 2. The number of imide groups is 2. The monoisotopic (exact) mass is 955 g/mol. The summed E-state index contributed by atoms with van der Waals surface area (Å²) in [6, 6.07) is 3.75. The second-order valence-corrected chi connectivity index (χ2v) is 18.0. The van der Waals surface area contributed by atoms with Crippen molar-refractivity contribution in [3.8, 4) is 0 Å². The predicted octanol–water partition coefficient (Wildman–Crippen LogP) is 5.06. The molecule has 2 saturated heterocycles. The molecule has 8 rings (SSSR count). The van der Waals surface area contributed by atoms with Gasteiger partial charge in [0.1, 0.15) is 12.1 Å². The van der Waals surface area contributed by atoms with Crippen LogP contribution in [0.3, 0.4) is 0 Å². The third-order valence-corrected chi connectivity index (χ3v) is 13.7. The summed E-state index contributed by atoms with van der Waals surface area (Å²) in [5.41, 5.74) is 3.34. The molecular formula is C42H41ClF3N9O8S2. The Morgan fingerprint density at radius 3 is 1.91 bits per heavy atom. The van der Waals surface area contributed by atoms with Gasteiger partial charge in [-0.25, -0.2) is 14.8 Å². The molecule has 1 aromatic carbocycles. The summed E-state index contributed by atoms with van der Waals surface area (Å²) < 4.78 is 38.9. The van der Waals surface area contributed by atoms with Crippen molar-refractivity contribution >= 4 is 87.6 Å². The lowest BCUT2D eigenvalue weighted by Gasteiger charge is -2.29. The molecule has 9 amide bonds. The van der Waals surface area contributed by atoms with Crippen LogP contribution in [0.4, 0.5) is 23.9 Å². The van der Waals surface area contributed by atoms with Crippen LogP contribution in [-0.4, -0.2) is 79.2 Å². The molecule has 2 unspecified atom stereocenters. The molecule has 2 atom stereocenters. The average molecular weight is 956 g/mol. The van der Waals surface area contributed by atoms with E-state index in [1.54, 1.807) is 10.8 Å². The Morgan fingerprint density at radius 2 is 1.38 bits per heavy atom. The Bertz CT molecular complexity index is 2620.